The van der Waals surface area contributed by atoms with Gasteiger partial charge < -0.3 is 15.2 Å². The molecule has 0 aliphatic rings. The fourth-order valence-electron chi connectivity index (χ4n) is 2.03. The first kappa shape index (κ1) is 14.9. The third-order valence-corrected chi connectivity index (χ3v) is 3.35. The maximum Gasteiger partial charge on any atom is 0.118 e. The van der Waals surface area contributed by atoms with Crippen molar-refractivity contribution in [3.05, 3.63) is 59.2 Å². The molecule has 0 radical (unpaired) electrons. The number of benzene rings is 2. The average Bonchev–Trinajstić information content (AvgIpc) is 2.54. The molecule has 21 heavy (non-hydrogen) atoms. The number of aliphatic hydroxyl groups is 1. The van der Waals surface area contributed by atoms with Crippen molar-refractivity contribution in [2.24, 2.45) is 0 Å². The van der Waals surface area contributed by atoms with Gasteiger partial charge in [0.25, 0.3) is 0 Å². The number of hydrogen-bond donors (Lipinski definition) is 2. The van der Waals surface area contributed by atoms with Gasteiger partial charge in [-0.1, -0.05) is 18.2 Å². The summed E-state index contributed by atoms with van der Waals surface area (Å²) < 4.78 is 5.09. The van der Waals surface area contributed by atoms with E-state index in [1.807, 2.05) is 37.3 Å². The summed E-state index contributed by atoms with van der Waals surface area (Å²) in [5.74, 6) is 0.761. The van der Waals surface area contributed by atoms with Crippen LogP contribution in [-0.2, 0) is 0 Å². The van der Waals surface area contributed by atoms with E-state index in [2.05, 4.69) is 11.4 Å². The number of nitrogens with one attached hydrogen (secondary N) is 1. The highest BCUT2D eigenvalue weighted by atomic mass is 16.5. The minimum Gasteiger partial charge on any atom is -0.497 e. The van der Waals surface area contributed by atoms with Crippen LogP contribution in [-0.4, -0.2) is 18.8 Å². The molecule has 0 saturated heterocycles. The average molecular weight is 282 g/mol. The highest BCUT2D eigenvalue weighted by molar-refractivity contribution is 5.55. The second-order valence-corrected chi connectivity index (χ2v) is 4.81. The molecule has 108 valence electrons. The predicted octanol–water partition coefficient (Wildman–Crippen LogP) is 3.02. The number of hydrogen-bond acceptors (Lipinski definition) is 4. The molecule has 0 heterocycles. The SMILES string of the molecule is COc1ccc(C(O)CNc2cc(C#N)ccc2C)cc1. The van der Waals surface area contributed by atoms with Crippen LogP contribution in [0.15, 0.2) is 42.5 Å². The first-order valence-electron chi connectivity index (χ1n) is 6.70. The molecule has 2 N–H and O–H groups in total. The molecule has 0 spiro atoms. The van der Waals surface area contributed by atoms with E-state index in [4.69, 9.17) is 10.00 Å². The molecule has 2 rings (SSSR count). The van der Waals surface area contributed by atoms with Crippen LogP contribution in [0, 0.1) is 18.3 Å². The summed E-state index contributed by atoms with van der Waals surface area (Å²) in [6.45, 7) is 2.34. The van der Waals surface area contributed by atoms with Crippen LogP contribution in [0.25, 0.3) is 0 Å². The number of aliphatic hydroxyl groups excluding tert-OH is 1. The Kier molecular flexibility index (Phi) is 4.81. The van der Waals surface area contributed by atoms with E-state index in [1.165, 1.54) is 0 Å². The molecule has 2 aromatic carbocycles. The van der Waals surface area contributed by atoms with Gasteiger partial charge in [-0.3, -0.25) is 0 Å². The zero-order valence-electron chi connectivity index (χ0n) is 12.1. The first-order chi connectivity index (χ1) is 10.1. The molecule has 0 bridgehead atoms. The van der Waals surface area contributed by atoms with Crippen LogP contribution in [0.3, 0.4) is 0 Å². The molecule has 4 nitrogen and oxygen atoms in total. The largest absolute Gasteiger partial charge is 0.497 e. The fraction of sp³-hybridized carbons (Fsp3) is 0.235. The Balaban J connectivity index is 2.03. The number of anilines is 1. The predicted molar refractivity (Wildman–Crippen MR) is 82.3 cm³/mol. The number of nitrogens with zero attached hydrogens (tertiary/aromatic N) is 1. The summed E-state index contributed by atoms with van der Waals surface area (Å²) in [6, 6.07) is 14.9. The molecule has 1 unspecified atom stereocenters. The number of ether oxygens (including phenoxy) is 1. The molecular formula is C17H18N2O2. The molecule has 2 aromatic rings. The zero-order chi connectivity index (χ0) is 15.2. The van der Waals surface area contributed by atoms with E-state index in [1.54, 1.807) is 19.2 Å². The monoisotopic (exact) mass is 282 g/mol. The molecule has 0 saturated carbocycles. The molecular weight excluding hydrogens is 264 g/mol. The van der Waals surface area contributed by atoms with Gasteiger partial charge in [0.05, 0.1) is 24.8 Å². The van der Waals surface area contributed by atoms with Gasteiger partial charge in [-0.05, 0) is 42.3 Å². The standard InChI is InChI=1S/C17H18N2O2/c1-12-3-4-13(10-18)9-16(12)19-11-17(20)14-5-7-15(21-2)8-6-14/h3-9,17,19-20H,11H2,1-2H3. The Morgan fingerprint density at radius 1 is 1.24 bits per heavy atom. The summed E-state index contributed by atoms with van der Waals surface area (Å²) in [5, 5.41) is 22.3. The van der Waals surface area contributed by atoms with E-state index < -0.39 is 6.10 Å². The van der Waals surface area contributed by atoms with Crippen molar-refractivity contribution in [1.29, 1.82) is 5.26 Å². The second kappa shape index (κ2) is 6.78. The van der Waals surface area contributed by atoms with Crippen molar-refractivity contribution in [1.82, 2.24) is 0 Å². The summed E-state index contributed by atoms with van der Waals surface area (Å²) >= 11 is 0. The topological polar surface area (TPSA) is 65.3 Å². The zero-order valence-corrected chi connectivity index (χ0v) is 12.1. The van der Waals surface area contributed by atoms with Crippen LogP contribution < -0.4 is 10.1 Å². The van der Waals surface area contributed by atoms with Crippen LogP contribution in [0.4, 0.5) is 5.69 Å². The number of methoxy groups -OCH3 is 1. The normalized spacial score (nSPS) is 11.5. The van der Waals surface area contributed by atoms with Gasteiger partial charge in [0.1, 0.15) is 5.75 Å². The lowest BCUT2D eigenvalue weighted by molar-refractivity contribution is 0.191. The number of nitriles is 1. The van der Waals surface area contributed by atoms with Crippen molar-refractivity contribution in [3.8, 4) is 11.8 Å². The maximum atomic E-state index is 10.2. The Morgan fingerprint density at radius 3 is 2.57 bits per heavy atom. The Labute approximate surface area is 124 Å². The quantitative estimate of drug-likeness (QED) is 0.884. The second-order valence-electron chi connectivity index (χ2n) is 4.81. The van der Waals surface area contributed by atoms with E-state index in [-0.39, 0.29) is 0 Å². The highest BCUT2D eigenvalue weighted by Gasteiger charge is 2.08. The Hall–Kier alpha value is -2.51. The highest BCUT2D eigenvalue weighted by Crippen LogP contribution is 2.20. The van der Waals surface area contributed by atoms with Gasteiger partial charge in [0, 0.05) is 12.2 Å². The van der Waals surface area contributed by atoms with Gasteiger partial charge in [0.15, 0.2) is 0 Å². The van der Waals surface area contributed by atoms with Crippen molar-refractivity contribution >= 4 is 5.69 Å². The minimum atomic E-state index is -0.624. The molecule has 0 aromatic heterocycles. The van der Waals surface area contributed by atoms with E-state index >= 15 is 0 Å². The molecule has 4 heteroatoms. The lowest BCUT2D eigenvalue weighted by atomic mass is 10.1. The van der Waals surface area contributed by atoms with Gasteiger partial charge in [-0.25, -0.2) is 0 Å². The summed E-state index contributed by atoms with van der Waals surface area (Å²) in [5.41, 5.74) is 3.32. The van der Waals surface area contributed by atoms with Crippen molar-refractivity contribution in [2.75, 3.05) is 19.0 Å². The molecule has 1 atom stereocenters. The molecule has 0 aliphatic heterocycles. The third kappa shape index (κ3) is 3.74. The van der Waals surface area contributed by atoms with Crippen LogP contribution >= 0.6 is 0 Å². The molecule has 0 aliphatic carbocycles. The van der Waals surface area contributed by atoms with Crippen molar-refractivity contribution in [3.63, 3.8) is 0 Å². The van der Waals surface area contributed by atoms with E-state index in [0.29, 0.717) is 12.1 Å². The number of rotatable bonds is 5. The lowest BCUT2D eigenvalue weighted by Gasteiger charge is -2.15. The lowest BCUT2D eigenvalue weighted by Crippen LogP contribution is -2.12. The van der Waals surface area contributed by atoms with Crippen molar-refractivity contribution < 1.29 is 9.84 Å². The minimum absolute atomic E-state index is 0.377. The number of aryl methyl sites for hydroxylation is 1. The van der Waals surface area contributed by atoms with Gasteiger partial charge in [-0.15, -0.1) is 0 Å². The summed E-state index contributed by atoms with van der Waals surface area (Å²) in [6.07, 6.45) is -0.624. The van der Waals surface area contributed by atoms with Crippen LogP contribution in [0.5, 0.6) is 5.75 Å². The maximum absolute atomic E-state index is 10.2. The van der Waals surface area contributed by atoms with Crippen LogP contribution in [0.1, 0.15) is 22.8 Å². The summed E-state index contributed by atoms with van der Waals surface area (Å²) in [7, 11) is 1.61. The smallest absolute Gasteiger partial charge is 0.118 e. The fourth-order valence-corrected chi connectivity index (χ4v) is 2.03. The van der Waals surface area contributed by atoms with Crippen LogP contribution in [0.2, 0.25) is 0 Å². The van der Waals surface area contributed by atoms with Crippen molar-refractivity contribution in [2.45, 2.75) is 13.0 Å². The van der Waals surface area contributed by atoms with Gasteiger partial charge in [0.2, 0.25) is 0 Å². The molecule has 0 amide bonds. The third-order valence-electron chi connectivity index (χ3n) is 3.35. The Bertz CT molecular complexity index is 645. The Morgan fingerprint density at radius 2 is 1.95 bits per heavy atom. The van der Waals surface area contributed by atoms with E-state index in [9.17, 15) is 5.11 Å². The first-order valence-corrected chi connectivity index (χ1v) is 6.70. The summed E-state index contributed by atoms with van der Waals surface area (Å²) in [4.78, 5) is 0. The van der Waals surface area contributed by atoms with Gasteiger partial charge >= 0.3 is 0 Å². The molecule has 0 fully saturated rings. The van der Waals surface area contributed by atoms with E-state index in [0.717, 1.165) is 22.6 Å². The van der Waals surface area contributed by atoms with Gasteiger partial charge in [-0.2, -0.15) is 5.26 Å².